The van der Waals surface area contributed by atoms with Crippen LogP contribution < -0.4 is 19.6 Å². The van der Waals surface area contributed by atoms with Crippen LogP contribution in [0.25, 0.3) is 17.4 Å². The summed E-state index contributed by atoms with van der Waals surface area (Å²) in [5.41, 5.74) is 2.58. The van der Waals surface area contributed by atoms with Gasteiger partial charge in [-0.2, -0.15) is 0 Å². The summed E-state index contributed by atoms with van der Waals surface area (Å²) in [6.45, 7) is 3.29. The highest BCUT2D eigenvalue weighted by molar-refractivity contribution is 9.10. The van der Waals surface area contributed by atoms with E-state index >= 15 is 0 Å². The van der Waals surface area contributed by atoms with Crippen molar-refractivity contribution in [3.63, 3.8) is 0 Å². The smallest absolute Gasteiger partial charge is 0.271 e. The number of furan rings is 1. The molecule has 176 valence electrons. The van der Waals surface area contributed by atoms with E-state index < -0.39 is 6.04 Å². The van der Waals surface area contributed by atoms with E-state index in [1.807, 2.05) is 66.7 Å². The average Bonchev–Trinajstić information content (AvgIpc) is 3.44. The number of hydrogen-bond donors (Lipinski definition) is 0. The predicted octanol–water partition coefficient (Wildman–Crippen LogP) is 4.86. The average molecular weight is 549 g/mol. The standard InChI is InChI=1S/C27H21BrN2O4S/c1-15-24(16(2)31)25(22-13-12-21(34-22)18-6-8-19(28)9-7-18)30-26(32)23(35-27(30)29-15)14-17-4-10-20(33-3)11-5-17/h4-14,25H,1-3H3/b23-14+/t25-/m1/s1. The highest BCUT2D eigenvalue weighted by atomic mass is 79.9. The lowest BCUT2D eigenvalue weighted by molar-refractivity contribution is -0.114. The minimum atomic E-state index is -0.689. The van der Waals surface area contributed by atoms with Crippen LogP contribution in [0.3, 0.4) is 0 Å². The van der Waals surface area contributed by atoms with Gasteiger partial charge in [0.1, 0.15) is 23.3 Å². The lowest BCUT2D eigenvalue weighted by Gasteiger charge is -2.22. The van der Waals surface area contributed by atoms with Gasteiger partial charge in [-0.05, 0) is 61.9 Å². The number of fused-ring (bicyclic) bond motifs is 1. The Labute approximate surface area is 213 Å². The molecule has 0 unspecified atom stereocenters. The first-order chi connectivity index (χ1) is 16.9. The topological polar surface area (TPSA) is 73.8 Å². The first-order valence-corrected chi connectivity index (χ1v) is 12.5. The Morgan fingerprint density at radius 2 is 1.83 bits per heavy atom. The van der Waals surface area contributed by atoms with Gasteiger partial charge in [-0.25, -0.2) is 4.99 Å². The summed E-state index contributed by atoms with van der Waals surface area (Å²) in [4.78, 5) is 31.4. The van der Waals surface area contributed by atoms with Crippen molar-refractivity contribution in [1.29, 1.82) is 0 Å². The van der Waals surface area contributed by atoms with Gasteiger partial charge in [0.25, 0.3) is 5.56 Å². The van der Waals surface area contributed by atoms with Gasteiger partial charge < -0.3 is 9.15 Å². The maximum absolute atomic E-state index is 13.6. The molecule has 0 saturated carbocycles. The quantitative estimate of drug-likeness (QED) is 0.357. The lowest BCUT2D eigenvalue weighted by Crippen LogP contribution is -2.39. The van der Waals surface area contributed by atoms with Crippen LogP contribution >= 0.6 is 27.3 Å². The van der Waals surface area contributed by atoms with E-state index in [1.165, 1.54) is 18.3 Å². The number of allylic oxidation sites excluding steroid dienone is 2. The number of ketones is 1. The van der Waals surface area contributed by atoms with Gasteiger partial charge in [0.05, 0.1) is 11.6 Å². The Morgan fingerprint density at radius 3 is 2.49 bits per heavy atom. The zero-order valence-corrected chi connectivity index (χ0v) is 21.6. The largest absolute Gasteiger partial charge is 0.497 e. The molecule has 6 nitrogen and oxygen atoms in total. The number of aromatic nitrogens is 1. The molecule has 2 aromatic carbocycles. The number of carbonyl (C=O) groups excluding carboxylic acids is 1. The Kier molecular flexibility index (Phi) is 6.17. The Morgan fingerprint density at radius 1 is 1.11 bits per heavy atom. The van der Waals surface area contributed by atoms with Crippen LogP contribution in [-0.4, -0.2) is 17.5 Å². The van der Waals surface area contributed by atoms with E-state index in [9.17, 15) is 9.59 Å². The number of halogens is 1. The second-order valence-corrected chi connectivity index (χ2v) is 10.0. The number of Topliss-reactive ketones (excluding diaryl/α,β-unsaturated/α-hetero) is 1. The molecule has 4 aromatic rings. The van der Waals surface area contributed by atoms with Gasteiger partial charge in [-0.15, -0.1) is 0 Å². The molecule has 0 fully saturated rings. The summed E-state index contributed by atoms with van der Waals surface area (Å²) >= 11 is 4.74. The molecule has 0 radical (unpaired) electrons. The summed E-state index contributed by atoms with van der Waals surface area (Å²) in [6.07, 6.45) is 1.82. The van der Waals surface area contributed by atoms with Crippen LogP contribution in [0, 0.1) is 0 Å². The summed E-state index contributed by atoms with van der Waals surface area (Å²) < 4.78 is 14.5. The Hall–Kier alpha value is -3.49. The molecule has 0 bridgehead atoms. The van der Waals surface area contributed by atoms with Gasteiger partial charge in [0, 0.05) is 21.3 Å². The summed E-state index contributed by atoms with van der Waals surface area (Å²) in [5, 5.41) is 0. The minimum absolute atomic E-state index is 0.151. The molecule has 2 aromatic heterocycles. The van der Waals surface area contributed by atoms with Crippen molar-refractivity contribution in [1.82, 2.24) is 4.57 Å². The van der Waals surface area contributed by atoms with Crippen LogP contribution in [0.4, 0.5) is 0 Å². The van der Waals surface area contributed by atoms with Crippen molar-refractivity contribution < 1.29 is 13.9 Å². The molecule has 35 heavy (non-hydrogen) atoms. The molecule has 0 aliphatic carbocycles. The highest BCUT2D eigenvalue weighted by Gasteiger charge is 2.33. The third kappa shape index (κ3) is 4.35. The van der Waals surface area contributed by atoms with E-state index in [1.54, 1.807) is 18.6 Å². The Bertz CT molecular complexity index is 1640. The number of carbonyl (C=O) groups is 1. The fourth-order valence-electron chi connectivity index (χ4n) is 4.16. The van der Waals surface area contributed by atoms with E-state index in [-0.39, 0.29) is 11.3 Å². The van der Waals surface area contributed by atoms with Crippen LogP contribution in [0.15, 0.2) is 90.6 Å². The molecule has 0 saturated heterocycles. The molecule has 0 N–H and O–H groups in total. The van der Waals surface area contributed by atoms with E-state index in [4.69, 9.17) is 9.15 Å². The molecule has 0 amide bonds. The second kappa shape index (κ2) is 9.28. The lowest BCUT2D eigenvalue weighted by atomic mass is 9.98. The number of rotatable bonds is 5. The number of ether oxygens (including phenoxy) is 1. The van der Waals surface area contributed by atoms with Gasteiger partial charge >= 0.3 is 0 Å². The zero-order valence-electron chi connectivity index (χ0n) is 19.2. The molecular formula is C27H21BrN2O4S. The molecule has 1 atom stereocenters. The van der Waals surface area contributed by atoms with E-state index in [0.717, 1.165) is 21.3 Å². The molecule has 3 heterocycles. The van der Waals surface area contributed by atoms with Crippen molar-refractivity contribution in [2.75, 3.05) is 7.11 Å². The highest BCUT2D eigenvalue weighted by Crippen LogP contribution is 2.34. The van der Waals surface area contributed by atoms with Crippen molar-refractivity contribution in [3.05, 3.63) is 107 Å². The van der Waals surface area contributed by atoms with Crippen LogP contribution in [0.1, 0.15) is 31.2 Å². The number of methoxy groups -OCH3 is 1. The predicted molar refractivity (Wildman–Crippen MR) is 139 cm³/mol. The number of thiazole rings is 1. The van der Waals surface area contributed by atoms with Crippen molar-refractivity contribution in [2.24, 2.45) is 4.99 Å². The molecule has 0 spiro atoms. The normalized spacial score (nSPS) is 15.7. The van der Waals surface area contributed by atoms with Gasteiger partial charge in [-0.1, -0.05) is 51.5 Å². The Balaban J connectivity index is 1.66. The minimum Gasteiger partial charge on any atom is -0.497 e. The van der Waals surface area contributed by atoms with Gasteiger partial charge in [0.2, 0.25) is 0 Å². The zero-order chi connectivity index (χ0) is 24.7. The number of benzene rings is 2. The van der Waals surface area contributed by atoms with Crippen LogP contribution in [0.2, 0.25) is 0 Å². The number of hydrogen-bond acceptors (Lipinski definition) is 6. The summed E-state index contributed by atoms with van der Waals surface area (Å²) in [5.74, 6) is 1.76. The molecule has 1 aliphatic heterocycles. The second-order valence-electron chi connectivity index (χ2n) is 8.12. The third-order valence-corrected chi connectivity index (χ3v) is 7.35. The van der Waals surface area contributed by atoms with E-state index in [0.29, 0.717) is 32.1 Å². The van der Waals surface area contributed by atoms with Gasteiger partial charge in [0.15, 0.2) is 10.6 Å². The molecule has 5 rings (SSSR count). The molecule has 1 aliphatic rings. The molecular weight excluding hydrogens is 528 g/mol. The summed E-state index contributed by atoms with van der Waals surface area (Å²) in [7, 11) is 1.61. The monoisotopic (exact) mass is 548 g/mol. The van der Waals surface area contributed by atoms with Crippen molar-refractivity contribution in [2.45, 2.75) is 19.9 Å². The fraction of sp³-hybridized carbons (Fsp3) is 0.148. The first kappa shape index (κ1) is 23.3. The summed E-state index contributed by atoms with van der Waals surface area (Å²) in [6, 6.07) is 18.2. The SMILES string of the molecule is COc1ccc(/C=c2/sc3n(c2=O)[C@H](c2ccc(-c4ccc(Br)cc4)o2)C(C(C)=O)=C(C)N=3)cc1. The van der Waals surface area contributed by atoms with Crippen molar-refractivity contribution >= 4 is 39.1 Å². The third-order valence-electron chi connectivity index (χ3n) is 5.84. The van der Waals surface area contributed by atoms with E-state index in [2.05, 4.69) is 20.9 Å². The van der Waals surface area contributed by atoms with Crippen LogP contribution in [0.5, 0.6) is 5.75 Å². The maximum Gasteiger partial charge on any atom is 0.271 e. The maximum atomic E-state index is 13.6. The first-order valence-electron chi connectivity index (χ1n) is 10.9. The fourth-order valence-corrected chi connectivity index (χ4v) is 5.47. The van der Waals surface area contributed by atoms with Crippen molar-refractivity contribution in [3.8, 4) is 17.1 Å². The van der Waals surface area contributed by atoms with Crippen LogP contribution in [-0.2, 0) is 4.79 Å². The number of nitrogens with zero attached hydrogens (tertiary/aromatic N) is 2. The molecule has 8 heteroatoms. The van der Waals surface area contributed by atoms with Gasteiger partial charge in [-0.3, -0.25) is 14.2 Å².